The van der Waals surface area contributed by atoms with Crippen LogP contribution in [0.15, 0.2) is 24.7 Å². The van der Waals surface area contributed by atoms with Gasteiger partial charge in [-0.05, 0) is 19.1 Å². The maximum absolute atomic E-state index is 3.76. The van der Waals surface area contributed by atoms with Gasteiger partial charge in [0.25, 0.3) is 0 Å². The van der Waals surface area contributed by atoms with Crippen molar-refractivity contribution in [1.29, 1.82) is 0 Å². The van der Waals surface area contributed by atoms with Crippen LogP contribution in [-0.2, 0) is 0 Å². The fourth-order valence-corrected chi connectivity index (χ4v) is 1.01. The molecule has 0 amide bonds. The van der Waals surface area contributed by atoms with Gasteiger partial charge in [-0.3, -0.25) is 0 Å². The lowest BCUT2D eigenvalue weighted by Gasteiger charge is -1.91. The van der Waals surface area contributed by atoms with E-state index < -0.39 is 0 Å². The summed E-state index contributed by atoms with van der Waals surface area (Å²) in [7, 11) is 0. The van der Waals surface area contributed by atoms with E-state index in [0.29, 0.717) is 0 Å². The first-order chi connectivity index (χ1) is 4.88. The summed E-state index contributed by atoms with van der Waals surface area (Å²) in [5, 5.41) is 7.51. The molecule has 0 aliphatic carbocycles. The monoisotopic (exact) mass is 133 g/mol. The third-order valence-corrected chi connectivity index (χ3v) is 1.58. The Bertz CT molecular complexity index is 350. The molecule has 2 rings (SSSR count). The standard InChI is InChI=1S/C7H7N3/c1-6-2-3-7-4-8-9-5-10(6)7/h2-5H,1H3. The molecule has 0 unspecified atom stereocenters. The number of rotatable bonds is 0. The maximum atomic E-state index is 3.76. The fourth-order valence-electron chi connectivity index (χ4n) is 1.01. The lowest BCUT2D eigenvalue weighted by atomic mass is 10.5. The van der Waals surface area contributed by atoms with Crippen molar-refractivity contribution in [2.24, 2.45) is 0 Å². The Kier molecular flexibility index (Phi) is 0.974. The second-order valence-electron chi connectivity index (χ2n) is 2.25. The van der Waals surface area contributed by atoms with Gasteiger partial charge in [0.2, 0.25) is 0 Å². The van der Waals surface area contributed by atoms with Gasteiger partial charge in [-0.2, -0.15) is 5.10 Å². The van der Waals surface area contributed by atoms with Gasteiger partial charge in [-0.15, -0.1) is 5.10 Å². The molecule has 2 aromatic heterocycles. The molecule has 0 saturated heterocycles. The highest BCUT2D eigenvalue weighted by Gasteiger charge is 1.93. The summed E-state index contributed by atoms with van der Waals surface area (Å²) in [6, 6.07) is 4.06. The first-order valence-corrected chi connectivity index (χ1v) is 3.12. The summed E-state index contributed by atoms with van der Waals surface area (Å²) >= 11 is 0. The molecule has 2 aromatic rings. The molecule has 0 aliphatic rings. The average Bonchev–Trinajstić information content (AvgIpc) is 2.34. The van der Waals surface area contributed by atoms with Gasteiger partial charge in [-0.1, -0.05) is 0 Å². The van der Waals surface area contributed by atoms with Gasteiger partial charge in [0.15, 0.2) is 0 Å². The Morgan fingerprint density at radius 2 is 2.20 bits per heavy atom. The van der Waals surface area contributed by atoms with E-state index in [0.717, 1.165) is 5.52 Å². The fraction of sp³-hybridized carbons (Fsp3) is 0.143. The zero-order chi connectivity index (χ0) is 6.97. The van der Waals surface area contributed by atoms with E-state index in [1.807, 2.05) is 23.5 Å². The highest BCUT2D eigenvalue weighted by Crippen LogP contribution is 2.04. The molecular formula is C7H7N3. The van der Waals surface area contributed by atoms with Crippen molar-refractivity contribution >= 4 is 5.52 Å². The van der Waals surface area contributed by atoms with Gasteiger partial charge in [0, 0.05) is 5.69 Å². The van der Waals surface area contributed by atoms with Gasteiger partial charge >= 0.3 is 0 Å². The largest absolute Gasteiger partial charge is 0.302 e. The summed E-state index contributed by atoms with van der Waals surface area (Å²) in [6.45, 7) is 2.04. The van der Waals surface area contributed by atoms with Crippen molar-refractivity contribution < 1.29 is 0 Å². The van der Waals surface area contributed by atoms with Gasteiger partial charge in [0.1, 0.15) is 6.33 Å². The second kappa shape index (κ2) is 1.80. The Morgan fingerprint density at radius 1 is 1.30 bits per heavy atom. The molecule has 10 heavy (non-hydrogen) atoms. The number of aryl methyl sites for hydroxylation is 1. The Morgan fingerprint density at radius 3 is 3.00 bits per heavy atom. The predicted octanol–water partition coefficient (Wildman–Crippen LogP) is 1.04. The van der Waals surface area contributed by atoms with Crippen LogP contribution >= 0.6 is 0 Å². The van der Waals surface area contributed by atoms with Crippen molar-refractivity contribution in [3.63, 3.8) is 0 Å². The van der Waals surface area contributed by atoms with Crippen LogP contribution in [-0.4, -0.2) is 14.6 Å². The van der Waals surface area contributed by atoms with Crippen LogP contribution in [0.5, 0.6) is 0 Å². The molecule has 3 heteroatoms. The van der Waals surface area contributed by atoms with Crippen LogP contribution in [0.4, 0.5) is 0 Å². The molecule has 0 radical (unpaired) electrons. The minimum atomic E-state index is 1.09. The molecule has 0 atom stereocenters. The van der Waals surface area contributed by atoms with Gasteiger partial charge in [0.05, 0.1) is 11.7 Å². The number of hydrogen-bond acceptors (Lipinski definition) is 2. The summed E-state index contributed by atoms with van der Waals surface area (Å²) < 4.78 is 1.99. The number of hydrogen-bond donors (Lipinski definition) is 0. The molecule has 0 saturated carbocycles. The van der Waals surface area contributed by atoms with Crippen molar-refractivity contribution in [3.8, 4) is 0 Å². The highest BCUT2D eigenvalue weighted by molar-refractivity contribution is 5.46. The van der Waals surface area contributed by atoms with Crippen LogP contribution < -0.4 is 0 Å². The van der Waals surface area contributed by atoms with Crippen molar-refractivity contribution in [1.82, 2.24) is 14.6 Å². The topological polar surface area (TPSA) is 30.2 Å². The van der Waals surface area contributed by atoms with E-state index >= 15 is 0 Å². The van der Waals surface area contributed by atoms with Crippen molar-refractivity contribution in [2.75, 3.05) is 0 Å². The van der Waals surface area contributed by atoms with E-state index in [9.17, 15) is 0 Å². The van der Waals surface area contributed by atoms with Crippen LogP contribution in [0, 0.1) is 6.92 Å². The maximum Gasteiger partial charge on any atom is 0.122 e. The number of aromatic nitrogens is 3. The van der Waals surface area contributed by atoms with Gasteiger partial charge < -0.3 is 4.40 Å². The zero-order valence-electron chi connectivity index (χ0n) is 5.65. The Labute approximate surface area is 58.3 Å². The summed E-state index contributed by atoms with van der Waals surface area (Å²) in [6.07, 6.45) is 3.46. The third kappa shape index (κ3) is 0.603. The smallest absolute Gasteiger partial charge is 0.122 e. The zero-order valence-corrected chi connectivity index (χ0v) is 5.65. The predicted molar refractivity (Wildman–Crippen MR) is 37.7 cm³/mol. The van der Waals surface area contributed by atoms with Gasteiger partial charge in [-0.25, -0.2) is 0 Å². The van der Waals surface area contributed by atoms with E-state index in [2.05, 4.69) is 10.2 Å². The lowest BCUT2D eigenvalue weighted by molar-refractivity contribution is 0.931. The van der Waals surface area contributed by atoms with Crippen LogP contribution in [0.25, 0.3) is 5.52 Å². The van der Waals surface area contributed by atoms with Crippen LogP contribution in [0.2, 0.25) is 0 Å². The Balaban J connectivity index is 2.93. The normalized spacial score (nSPS) is 10.5. The SMILES string of the molecule is Cc1ccc2cnncn12. The molecule has 0 bridgehead atoms. The third-order valence-electron chi connectivity index (χ3n) is 1.58. The van der Waals surface area contributed by atoms with Crippen LogP contribution in [0.1, 0.15) is 5.69 Å². The lowest BCUT2D eigenvalue weighted by Crippen LogP contribution is -1.89. The highest BCUT2D eigenvalue weighted by atomic mass is 15.1. The summed E-state index contributed by atoms with van der Waals surface area (Å²) in [4.78, 5) is 0. The number of nitrogens with zero attached hydrogens (tertiary/aromatic N) is 3. The molecule has 3 nitrogen and oxygen atoms in total. The molecule has 0 spiro atoms. The van der Waals surface area contributed by atoms with E-state index in [-0.39, 0.29) is 0 Å². The minimum Gasteiger partial charge on any atom is -0.302 e. The molecule has 0 aromatic carbocycles. The minimum absolute atomic E-state index is 1.09. The van der Waals surface area contributed by atoms with E-state index in [1.165, 1.54) is 5.69 Å². The molecule has 50 valence electrons. The van der Waals surface area contributed by atoms with Crippen LogP contribution in [0.3, 0.4) is 0 Å². The molecule has 2 heterocycles. The van der Waals surface area contributed by atoms with E-state index in [1.54, 1.807) is 12.5 Å². The quantitative estimate of drug-likeness (QED) is 0.537. The summed E-state index contributed by atoms with van der Waals surface area (Å²) in [5.74, 6) is 0. The molecule has 0 N–H and O–H groups in total. The van der Waals surface area contributed by atoms with Crippen molar-refractivity contribution in [2.45, 2.75) is 6.92 Å². The summed E-state index contributed by atoms with van der Waals surface area (Å²) in [5.41, 5.74) is 2.28. The molecule has 0 aliphatic heterocycles. The average molecular weight is 133 g/mol. The Hall–Kier alpha value is -1.38. The van der Waals surface area contributed by atoms with Crippen molar-refractivity contribution in [3.05, 3.63) is 30.4 Å². The molecular weight excluding hydrogens is 126 g/mol. The van der Waals surface area contributed by atoms with E-state index in [4.69, 9.17) is 0 Å². The number of fused-ring (bicyclic) bond motifs is 1. The first kappa shape index (κ1) is 5.41. The second-order valence-corrected chi connectivity index (χ2v) is 2.25. The first-order valence-electron chi connectivity index (χ1n) is 3.12. The molecule has 0 fully saturated rings.